The molecule has 0 aliphatic heterocycles. The van der Waals surface area contributed by atoms with Crippen molar-refractivity contribution in [3.05, 3.63) is 17.0 Å². The van der Waals surface area contributed by atoms with E-state index in [2.05, 4.69) is 23.8 Å². The van der Waals surface area contributed by atoms with Crippen LogP contribution in [0.1, 0.15) is 51.8 Å². The molecule has 0 spiro atoms. The summed E-state index contributed by atoms with van der Waals surface area (Å²) >= 11 is 5.93. The third-order valence-electron chi connectivity index (χ3n) is 2.78. The minimum atomic E-state index is 0.137. The molecule has 0 aliphatic carbocycles. The van der Waals surface area contributed by atoms with E-state index in [0.29, 0.717) is 23.5 Å². The molecule has 0 saturated heterocycles. The number of hydrogen-bond acceptors (Lipinski definition) is 4. The van der Waals surface area contributed by atoms with E-state index in [0.717, 1.165) is 6.42 Å². The second-order valence-corrected chi connectivity index (χ2v) is 5.04. The van der Waals surface area contributed by atoms with Crippen molar-refractivity contribution >= 4 is 11.6 Å². The molecule has 0 amide bonds. The fourth-order valence-corrected chi connectivity index (χ4v) is 2.01. The predicted octanol–water partition coefficient (Wildman–Crippen LogP) is 4.01. The first-order valence-electron chi connectivity index (χ1n) is 6.84. The maximum atomic E-state index is 5.93. The Labute approximate surface area is 120 Å². The topological polar surface area (TPSA) is 44.2 Å². The fraction of sp³-hybridized carbons (Fsp3) is 0.714. The van der Waals surface area contributed by atoms with Gasteiger partial charge in [0.15, 0.2) is 5.82 Å². The highest BCUT2D eigenvalue weighted by Gasteiger charge is 2.08. The van der Waals surface area contributed by atoms with Crippen LogP contribution in [0.2, 0.25) is 5.15 Å². The lowest BCUT2D eigenvalue weighted by molar-refractivity contribution is 0.171. The summed E-state index contributed by atoms with van der Waals surface area (Å²) in [6, 6.07) is 1.64. The summed E-state index contributed by atoms with van der Waals surface area (Å²) in [5.41, 5.74) is 0. The predicted molar refractivity (Wildman–Crippen MR) is 76.6 cm³/mol. The van der Waals surface area contributed by atoms with Gasteiger partial charge in [0.05, 0.1) is 6.10 Å². The second kappa shape index (κ2) is 9.10. The molecular weight excluding hydrogens is 264 g/mol. The van der Waals surface area contributed by atoms with Gasteiger partial charge in [-0.2, -0.15) is 4.98 Å². The van der Waals surface area contributed by atoms with Gasteiger partial charge in [0.1, 0.15) is 11.8 Å². The van der Waals surface area contributed by atoms with Crippen LogP contribution in [-0.2, 0) is 11.3 Å². The van der Waals surface area contributed by atoms with Crippen LogP contribution in [0, 0.1) is 0 Å². The SMILES string of the molecule is CCCCCCC(C)Oc1cc(Cl)nc(COC)n1. The van der Waals surface area contributed by atoms with Crippen molar-refractivity contribution in [1.29, 1.82) is 0 Å². The minimum Gasteiger partial charge on any atom is -0.475 e. The maximum Gasteiger partial charge on any atom is 0.218 e. The van der Waals surface area contributed by atoms with Crippen molar-refractivity contribution in [2.24, 2.45) is 0 Å². The summed E-state index contributed by atoms with van der Waals surface area (Å²) in [4.78, 5) is 8.33. The average Bonchev–Trinajstić information content (AvgIpc) is 2.34. The van der Waals surface area contributed by atoms with Gasteiger partial charge in [0.2, 0.25) is 5.88 Å². The van der Waals surface area contributed by atoms with Gasteiger partial charge in [-0.1, -0.05) is 37.8 Å². The molecule has 0 saturated carbocycles. The summed E-state index contributed by atoms with van der Waals surface area (Å²) in [7, 11) is 1.60. The molecule has 1 aromatic rings. The van der Waals surface area contributed by atoms with Gasteiger partial charge in [-0.3, -0.25) is 0 Å². The second-order valence-electron chi connectivity index (χ2n) is 4.66. The lowest BCUT2D eigenvalue weighted by Crippen LogP contribution is -2.13. The van der Waals surface area contributed by atoms with Crippen molar-refractivity contribution < 1.29 is 9.47 Å². The molecule has 0 radical (unpaired) electrons. The van der Waals surface area contributed by atoms with Gasteiger partial charge in [-0.05, 0) is 19.8 Å². The van der Waals surface area contributed by atoms with Gasteiger partial charge in [-0.25, -0.2) is 4.98 Å². The quantitative estimate of drug-likeness (QED) is 0.508. The molecule has 0 bridgehead atoms. The number of aromatic nitrogens is 2. The maximum absolute atomic E-state index is 5.93. The molecule has 1 atom stereocenters. The van der Waals surface area contributed by atoms with Crippen LogP contribution in [0.15, 0.2) is 6.07 Å². The molecular formula is C14H23ClN2O2. The Morgan fingerprint density at radius 2 is 2.05 bits per heavy atom. The Morgan fingerprint density at radius 1 is 1.26 bits per heavy atom. The van der Waals surface area contributed by atoms with E-state index in [-0.39, 0.29) is 6.10 Å². The summed E-state index contributed by atoms with van der Waals surface area (Å²) in [5.74, 6) is 1.07. The van der Waals surface area contributed by atoms with Gasteiger partial charge >= 0.3 is 0 Å². The highest BCUT2D eigenvalue weighted by Crippen LogP contribution is 2.17. The summed E-state index contributed by atoms with van der Waals surface area (Å²) in [6.45, 7) is 4.60. The van der Waals surface area contributed by atoms with Crippen LogP contribution in [0.5, 0.6) is 5.88 Å². The fourth-order valence-electron chi connectivity index (χ4n) is 1.82. The van der Waals surface area contributed by atoms with Crippen molar-refractivity contribution in [2.45, 2.75) is 58.7 Å². The van der Waals surface area contributed by atoms with E-state index in [1.165, 1.54) is 25.7 Å². The number of methoxy groups -OCH3 is 1. The zero-order chi connectivity index (χ0) is 14.1. The number of unbranched alkanes of at least 4 members (excludes halogenated alkanes) is 3. The zero-order valence-corrected chi connectivity index (χ0v) is 12.7. The van der Waals surface area contributed by atoms with Gasteiger partial charge in [0.25, 0.3) is 0 Å². The first kappa shape index (κ1) is 16.2. The monoisotopic (exact) mass is 286 g/mol. The normalized spacial score (nSPS) is 12.4. The first-order valence-corrected chi connectivity index (χ1v) is 7.22. The Morgan fingerprint density at radius 3 is 2.74 bits per heavy atom. The molecule has 0 aromatic carbocycles. The molecule has 0 N–H and O–H groups in total. The van der Waals surface area contributed by atoms with E-state index in [1.54, 1.807) is 13.2 Å². The van der Waals surface area contributed by atoms with Crippen LogP contribution in [0.3, 0.4) is 0 Å². The molecule has 19 heavy (non-hydrogen) atoms. The third-order valence-corrected chi connectivity index (χ3v) is 2.97. The van der Waals surface area contributed by atoms with E-state index in [9.17, 15) is 0 Å². The molecule has 0 aliphatic rings. The summed E-state index contributed by atoms with van der Waals surface area (Å²) in [5, 5.41) is 0.384. The van der Waals surface area contributed by atoms with Crippen LogP contribution in [0.25, 0.3) is 0 Å². The van der Waals surface area contributed by atoms with Gasteiger partial charge in [-0.15, -0.1) is 0 Å². The minimum absolute atomic E-state index is 0.137. The van der Waals surface area contributed by atoms with Gasteiger partial charge < -0.3 is 9.47 Å². The van der Waals surface area contributed by atoms with Crippen molar-refractivity contribution in [3.8, 4) is 5.88 Å². The number of halogens is 1. The van der Waals surface area contributed by atoms with Crippen molar-refractivity contribution in [3.63, 3.8) is 0 Å². The highest BCUT2D eigenvalue weighted by atomic mass is 35.5. The smallest absolute Gasteiger partial charge is 0.218 e. The number of ether oxygens (including phenoxy) is 2. The Balaban J connectivity index is 2.46. The van der Waals surface area contributed by atoms with Crippen LogP contribution in [-0.4, -0.2) is 23.2 Å². The average molecular weight is 287 g/mol. The van der Waals surface area contributed by atoms with E-state index >= 15 is 0 Å². The third kappa shape index (κ3) is 6.73. The van der Waals surface area contributed by atoms with Crippen molar-refractivity contribution in [1.82, 2.24) is 9.97 Å². The number of rotatable bonds is 9. The molecule has 1 aromatic heterocycles. The largest absolute Gasteiger partial charge is 0.475 e. The first-order chi connectivity index (χ1) is 9.15. The van der Waals surface area contributed by atoms with Crippen LogP contribution < -0.4 is 4.74 Å². The lowest BCUT2D eigenvalue weighted by Gasteiger charge is -2.14. The van der Waals surface area contributed by atoms with E-state index < -0.39 is 0 Å². The summed E-state index contributed by atoms with van der Waals surface area (Å²) in [6.07, 6.45) is 6.13. The molecule has 108 valence electrons. The van der Waals surface area contributed by atoms with Crippen molar-refractivity contribution in [2.75, 3.05) is 7.11 Å². The Bertz CT molecular complexity index is 374. The lowest BCUT2D eigenvalue weighted by atomic mass is 10.1. The zero-order valence-electron chi connectivity index (χ0n) is 12.0. The van der Waals surface area contributed by atoms with Crippen LogP contribution >= 0.6 is 11.6 Å². The Kier molecular flexibility index (Phi) is 7.75. The highest BCUT2D eigenvalue weighted by molar-refractivity contribution is 6.29. The van der Waals surface area contributed by atoms with E-state index in [4.69, 9.17) is 21.1 Å². The van der Waals surface area contributed by atoms with Crippen LogP contribution in [0.4, 0.5) is 0 Å². The molecule has 1 rings (SSSR count). The Hall–Kier alpha value is -0.870. The standard InChI is InChI=1S/C14H23ClN2O2/c1-4-5-6-7-8-11(2)19-14-9-12(15)16-13(17-14)10-18-3/h9,11H,4-8,10H2,1-3H3. The van der Waals surface area contributed by atoms with E-state index in [1.807, 2.05) is 0 Å². The number of hydrogen-bond donors (Lipinski definition) is 0. The molecule has 4 nitrogen and oxygen atoms in total. The molecule has 1 heterocycles. The molecule has 5 heteroatoms. The van der Waals surface area contributed by atoms with Gasteiger partial charge in [0, 0.05) is 13.2 Å². The number of nitrogens with zero attached hydrogens (tertiary/aromatic N) is 2. The molecule has 1 unspecified atom stereocenters. The molecule has 0 fully saturated rings. The summed E-state index contributed by atoms with van der Waals surface area (Å²) < 4.78 is 10.8.